The highest BCUT2D eigenvalue weighted by atomic mass is 35.5. The van der Waals surface area contributed by atoms with Crippen LogP contribution in [0, 0.1) is 0 Å². The first-order valence-corrected chi connectivity index (χ1v) is 7.61. The number of hydrogen-bond donors (Lipinski definition) is 1. The smallest absolute Gasteiger partial charge is 0.123 e. The van der Waals surface area contributed by atoms with Crippen molar-refractivity contribution in [1.82, 2.24) is 4.90 Å². The summed E-state index contributed by atoms with van der Waals surface area (Å²) in [4.78, 5) is 2.41. The number of benzene rings is 2. The molecule has 0 radical (unpaired) electrons. The second-order valence-corrected chi connectivity index (χ2v) is 5.60. The number of hydrogen-bond acceptors (Lipinski definition) is 3. The van der Waals surface area contributed by atoms with Gasteiger partial charge in [-0.05, 0) is 30.3 Å². The maximum Gasteiger partial charge on any atom is 0.123 e. The third-order valence-electron chi connectivity index (χ3n) is 3.63. The van der Waals surface area contributed by atoms with Crippen molar-refractivity contribution < 1.29 is 4.74 Å². The van der Waals surface area contributed by atoms with Crippen LogP contribution in [0.5, 0.6) is 5.75 Å². The summed E-state index contributed by atoms with van der Waals surface area (Å²) < 4.78 is 5.78. The molecule has 110 valence electrons. The highest BCUT2D eigenvalue weighted by Crippen LogP contribution is 2.22. The highest BCUT2D eigenvalue weighted by Gasteiger charge is 2.14. The summed E-state index contributed by atoms with van der Waals surface area (Å²) in [6, 6.07) is 16.1. The lowest BCUT2D eigenvalue weighted by atomic mass is 10.2. The van der Waals surface area contributed by atoms with Gasteiger partial charge in [-0.15, -0.1) is 0 Å². The molecule has 4 heteroatoms. The predicted molar refractivity (Wildman–Crippen MR) is 87.2 cm³/mol. The fourth-order valence-electron chi connectivity index (χ4n) is 2.50. The summed E-state index contributed by atoms with van der Waals surface area (Å²) in [5.41, 5.74) is 2.37. The van der Waals surface area contributed by atoms with Crippen molar-refractivity contribution in [3.05, 3.63) is 59.1 Å². The second-order valence-electron chi connectivity index (χ2n) is 5.17. The van der Waals surface area contributed by atoms with E-state index < -0.39 is 0 Å². The van der Waals surface area contributed by atoms with Crippen molar-refractivity contribution in [2.75, 3.05) is 31.6 Å². The minimum absolute atomic E-state index is 0.748. The molecule has 0 aliphatic carbocycles. The summed E-state index contributed by atoms with van der Waals surface area (Å²) in [6.45, 7) is 4.54. The maximum absolute atomic E-state index is 5.88. The summed E-state index contributed by atoms with van der Waals surface area (Å²) in [5.74, 6) is 1.02. The van der Waals surface area contributed by atoms with Crippen LogP contribution < -0.4 is 10.1 Å². The lowest BCUT2D eigenvalue weighted by molar-refractivity contribution is 0.232. The van der Waals surface area contributed by atoms with E-state index in [1.54, 1.807) is 0 Å². The average Bonchev–Trinajstić information content (AvgIpc) is 2.71. The maximum atomic E-state index is 5.88. The summed E-state index contributed by atoms with van der Waals surface area (Å²) >= 11 is 5.88. The van der Waals surface area contributed by atoms with Crippen LogP contribution in [0.2, 0.25) is 5.02 Å². The number of anilines is 1. The number of ether oxygens (including phenoxy) is 1. The van der Waals surface area contributed by atoms with E-state index in [0.717, 1.165) is 49.2 Å². The monoisotopic (exact) mass is 302 g/mol. The van der Waals surface area contributed by atoms with Crippen LogP contribution in [-0.4, -0.2) is 31.1 Å². The molecule has 1 aliphatic rings. The van der Waals surface area contributed by atoms with E-state index >= 15 is 0 Å². The Bertz CT molecular complexity index is 586. The second kappa shape index (κ2) is 6.83. The number of fused-ring (bicyclic) bond motifs is 1. The molecule has 3 rings (SSSR count). The van der Waals surface area contributed by atoms with E-state index in [0.29, 0.717) is 0 Å². The third-order valence-corrected chi connectivity index (χ3v) is 3.88. The molecule has 0 fully saturated rings. The zero-order valence-corrected chi connectivity index (χ0v) is 12.6. The van der Waals surface area contributed by atoms with Gasteiger partial charge in [0.15, 0.2) is 0 Å². The van der Waals surface area contributed by atoms with Crippen molar-refractivity contribution in [3.8, 4) is 5.75 Å². The van der Waals surface area contributed by atoms with Gasteiger partial charge in [-0.2, -0.15) is 0 Å². The topological polar surface area (TPSA) is 24.5 Å². The number of nitrogens with one attached hydrogen (secondary N) is 1. The lowest BCUT2D eigenvalue weighted by Gasteiger charge is -2.19. The first kappa shape index (κ1) is 14.2. The van der Waals surface area contributed by atoms with Gasteiger partial charge in [0.05, 0.1) is 0 Å². The fourth-order valence-corrected chi connectivity index (χ4v) is 2.62. The van der Waals surface area contributed by atoms with Crippen molar-refractivity contribution in [1.29, 1.82) is 0 Å². The van der Waals surface area contributed by atoms with Crippen molar-refractivity contribution in [2.24, 2.45) is 0 Å². The van der Waals surface area contributed by atoms with Gasteiger partial charge in [0.25, 0.3) is 0 Å². The molecule has 0 aromatic heterocycles. The minimum atomic E-state index is 0.748. The fraction of sp³-hybridized carbons (Fsp3) is 0.294. The van der Waals surface area contributed by atoms with Gasteiger partial charge >= 0.3 is 0 Å². The molecule has 1 N–H and O–H groups in total. The minimum Gasteiger partial charge on any atom is -0.492 e. The zero-order valence-electron chi connectivity index (χ0n) is 11.9. The molecule has 0 saturated carbocycles. The molecule has 0 spiro atoms. The van der Waals surface area contributed by atoms with Crippen LogP contribution in [0.15, 0.2) is 48.5 Å². The third kappa shape index (κ3) is 3.90. The number of halogens is 1. The van der Waals surface area contributed by atoms with E-state index in [4.69, 9.17) is 16.3 Å². The molecule has 3 nitrogen and oxygen atoms in total. The zero-order chi connectivity index (χ0) is 14.5. The highest BCUT2D eigenvalue weighted by molar-refractivity contribution is 6.30. The molecule has 0 unspecified atom stereocenters. The van der Waals surface area contributed by atoms with Gasteiger partial charge in [-0.25, -0.2) is 0 Å². The van der Waals surface area contributed by atoms with Crippen LogP contribution in [0.4, 0.5) is 5.69 Å². The van der Waals surface area contributed by atoms with Gasteiger partial charge in [0.1, 0.15) is 12.4 Å². The largest absolute Gasteiger partial charge is 0.492 e. The Morgan fingerprint density at radius 2 is 1.90 bits per heavy atom. The Hall–Kier alpha value is -1.71. The van der Waals surface area contributed by atoms with Gasteiger partial charge < -0.3 is 10.1 Å². The molecule has 21 heavy (non-hydrogen) atoms. The molecular weight excluding hydrogens is 284 g/mol. The SMILES string of the molecule is Clc1ccc(NCCN2CCOc3ccccc3C2)cc1. The molecular formula is C17H19ClN2O. The van der Waals surface area contributed by atoms with Crippen LogP contribution in [0.3, 0.4) is 0 Å². The summed E-state index contributed by atoms with van der Waals surface area (Å²) in [5, 5.41) is 4.19. The Morgan fingerprint density at radius 3 is 2.76 bits per heavy atom. The summed E-state index contributed by atoms with van der Waals surface area (Å²) in [6.07, 6.45) is 0. The number of nitrogens with zero attached hydrogens (tertiary/aromatic N) is 1. The van der Waals surface area contributed by atoms with Crippen LogP contribution in [0.25, 0.3) is 0 Å². The Labute approximate surface area is 130 Å². The van der Waals surface area contributed by atoms with E-state index in [1.807, 2.05) is 36.4 Å². The Kier molecular flexibility index (Phi) is 4.63. The van der Waals surface area contributed by atoms with Gasteiger partial charge in [-0.3, -0.25) is 4.90 Å². The van der Waals surface area contributed by atoms with E-state index in [1.165, 1.54) is 5.56 Å². The van der Waals surface area contributed by atoms with E-state index in [9.17, 15) is 0 Å². The molecule has 0 amide bonds. The van der Waals surface area contributed by atoms with E-state index in [-0.39, 0.29) is 0 Å². The predicted octanol–water partition coefficient (Wildman–Crippen LogP) is 3.65. The standard InChI is InChI=1S/C17H19ClN2O/c18-15-5-7-16(8-6-15)19-9-10-20-11-12-21-17-4-2-1-3-14(17)13-20/h1-8,19H,9-13H2. The van der Waals surface area contributed by atoms with Crippen molar-refractivity contribution >= 4 is 17.3 Å². The molecule has 1 heterocycles. The van der Waals surface area contributed by atoms with E-state index in [2.05, 4.69) is 22.3 Å². The van der Waals surface area contributed by atoms with Gasteiger partial charge in [0, 0.05) is 42.5 Å². The number of para-hydroxylation sites is 1. The molecule has 0 saturated heterocycles. The van der Waals surface area contributed by atoms with Crippen molar-refractivity contribution in [3.63, 3.8) is 0 Å². The van der Waals surface area contributed by atoms with Crippen molar-refractivity contribution in [2.45, 2.75) is 6.54 Å². The normalized spacial score (nSPS) is 14.9. The first-order chi connectivity index (χ1) is 10.3. The molecule has 0 atom stereocenters. The molecule has 2 aromatic rings. The molecule has 0 bridgehead atoms. The average molecular weight is 303 g/mol. The quantitative estimate of drug-likeness (QED) is 0.933. The first-order valence-electron chi connectivity index (χ1n) is 7.24. The van der Waals surface area contributed by atoms with Crippen LogP contribution >= 0.6 is 11.6 Å². The van der Waals surface area contributed by atoms with Gasteiger partial charge in [-0.1, -0.05) is 29.8 Å². The van der Waals surface area contributed by atoms with Gasteiger partial charge in [0.2, 0.25) is 0 Å². The van der Waals surface area contributed by atoms with Crippen LogP contribution in [0.1, 0.15) is 5.56 Å². The number of rotatable bonds is 4. The lowest BCUT2D eigenvalue weighted by Crippen LogP contribution is -2.30. The van der Waals surface area contributed by atoms with Crippen LogP contribution in [-0.2, 0) is 6.54 Å². The molecule has 2 aromatic carbocycles. The Balaban J connectivity index is 1.53. The molecule has 1 aliphatic heterocycles. The summed E-state index contributed by atoms with van der Waals surface area (Å²) in [7, 11) is 0. The Morgan fingerprint density at radius 1 is 1.10 bits per heavy atom.